The maximum atomic E-state index is 4.05. The summed E-state index contributed by atoms with van der Waals surface area (Å²) in [5, 5.41) is 0. The Morgan fingerprint density at radius 3 is 2.70 bits per heavy atom. The zero-order valence-corrected chi connectivity index (χ0v) is 7.19. The lowest BCUT2D eigenvalue weighted by atomic mass is 9.69. The average Bonchev–Trinajstić information content (AvgIpc) is 1.89. The minimum absolute atomic E-state index is 0.875. The summed E-state index contributed by atoms with van der Waals surface area (Å²) in [4.78, 5) is 0. The summed E-state index contributed by atoms with van der Waals surface area (Å²) in [5.74, 6) is 1.80. The number of allylic oxidation sites excluding steroid dienone is 1. The molecule has 0 amide bonds. The zero-order valence-electron chi connectivity index (χ0n) is 7.19. The van der Waals surface area contributed by atoms with Crippen LogP contribution in [0.2, 0.25) is 0 Å². The quantitative estimate of drug-likeness (QED) is 0.524. The normalized spacial score (nSPS) is 32.0. The molecule has 0 nitrogen and oxygen atoms in total. The van der Waals surface area contributed by atoms with E-state index in [1.807, 2.05) is 0 Å². The molecule has 0 heteroatoms. The van der Waals surface area contributed by atoms with Crippen molar-refractivity contribution < 1.29 is 0 Å². The summed E-state index contributed by atoms with van der Waals surface area (Å²) in [6.45, 7) is 8.64. The molecule has 1 saturated carbocycles. The Balaban J connectivity index is 2.20. The van der Waals surface area contributed by atoms with E-state index in [1.165, 1.54) is 31.3 Å². The molecule has 0 aromatic carbocycles. The van der Waals surface area contributed by atoms with Gasteiger partial charge in [-0.3, -0.25) is 0 Å². The number of rotatable bonds is 3. The molecule has 0 N–H and O–H groups in total. The van der Waals surface area contributed by atoms with E-state index in [2.05, 4.69) is 20.4 Å². The third kappa shape index (κ3) is 1.42. The molecule has 0 bridgehead atoms. The second-order valence-corrected chi connectivity index (χ2v) is 3.59. The van der Waals surface area contributed by atoms with Crippen molar-refractivity contribution >= 4 is 0 Å². The van der Waals surface area contributed by atoms with Gasteiger partial charge in [-0.1, -0.05) is 38.8 Å². The van der Waals surface area contributed by atoms with Crippen molar-refractivity contribution in [3.8, 4) is 0 Å². The Hall–Kier alpha value is -0.260. The molecule has 0 heterocycles. The van der Waals surface area contributed by atoms with Crippen LogP contribution >= 0.6 is 0 Å². The van der Waals surface area contributed by atoms with E-state index in [9.17, 15) is 0 Å². The van der Waals surface area contributed by atoms with E-state index < -0.39 is 0 Å². The van der Waals surface area contributed by atoms with Crippen LogP contribution in [0.15, 0.2) is 12.2 Å². The first-order chi connectivity index (χ1) is 4.75. The first-order valence-corrected chi connectivity index (χ1v) is 4.43. The highest BCUT2D eigenvalue weighted by Crippen LogP contribution is 2.41. The van der Waals surface area contributed by atoms with Crippen LogP contribution in [-0.2, 0) is 0 Å². The van der Waals surface area contributed by atoms with Crippen LogP contribution < -0.4 is 0 Å². The van der Waals surface area contributed by atoms with Crippen LogP contribution in [0.3, 0.4) is 0 Å². The Morgan fingerprint density at radius 1 is 1.60 bits per heavy atom. The van der Waals surface area contributed by atoms with Crippen LogP contribution in [0.25, 0.3) is 0 Å². The van der Waals surface area contributed by atoms with Gasteiger partial charge < -0.3 is 0 Å². The summed E-state index contributed by atoms with van der Waals surface area (Å²) in [7, 11) is 0. The summed E-state index contributed by atoms with van der Waals surface area (Å²) < 4.78 is 0. The van der Waals surface area contributed by atoms with E-state index in [4.69, 9.17) is 0 Å². The van der Waals surface area contributed by atoms with Gasteiger partial charge in [0, 0.05) is 0 Å². The monoisotopic (exact) mass is 138 g/mol. The van der Waals surface area contributed by atoms with Crippen molar-refractivity contribution in [1.82, 2.24) is 0 Å². The summed E-state index contributed by atoms with van der Waals surface area (Å²) in [6, 6.07) is 0. The molecular formula is C10H18. The molecule has 0 saturated heterocycles. The van der Waals surface area contributed by atoms with Gasteiger partial charge in [0.15, 0.2) is 0 Å². The van der Waals surface area contributed by atoms with E-state index in [-0.39, 0.29) is 0 Å². The summed E-state index contributed by atoms with van der Waals surface area (Å²) >= 11 is 0. The predicted molar refractivity (Wildman–Crippen MR) is 45.9 cm³/mol. The van der Waals surface area contributed by atoms with Gasteiger partial charge in [-0.25, -0.2) is 0 Å². The summed E-state index contributed by atoms with van der Waals surface area (Å²) in [5.41, 5.74) is 1.50. The van der Waals surface area contributed by atoms with Crippen molar-refractivity contribution in [3.05, 3.63) is 12.2 Å². The predicted octanol–water partition coefficient (Wildman–Crippen LogP) is 3.39. The molecule has 1 fully saturated rings. The topological polar surface area (TPSA) is 0 Å². The van der Waals surface area contributed by atoms with Crippen molar-refractivity contribution in [2.24, 2.45) is 11.8 Å². The van der Waals surface area contributed by atoms with Gasteiger partial charge in [0.05, 0.1) is 0 Å². The van der Waals surface area contributed by atoms with Crippen molar-refractivity contribution in [2.75, 3.05) is 0 Å². The Labute approximate surface area is 64.3 Å². The van der Waals surface area contributed by atoms with Gasteiger partial charge >= 0.3 is 0 Å². The van der Waals surface area contributed by atoms with Gasteiger partial charge in [-0.05, 0) is 24.7 Å². The van der Waals surface area contributed by atoms with Gasteiger partial charge in [0.2, 0.25) is 0 Å². The molecule has 0 aliphatic heterocycles. The van der Waals surface area contributed by atoms with Crippen LogP contribution in [0.4, 0.5) is 0 Å². The third-order valence-electron chi connectivity index (χ3n) is 2.66. The van der Waals surface area contributed by atoms with Crippen molar-refractivity contribution in [2.45, 2.75) is 39.5 Å². The minimum Gasteiger partial charge on any atom is -0.0996 e. The SMILES string of the molecule is C=C1CC(C)C1CCCC. The minimum atomic E-state index is 0.875. The first-order valence-electron chi connectivity index (χ1n) is 4.43. The lowest BCUT2D eigenvalue weighted by Gasteiger charge is -2.36. The largest absolute Gasteiger partial charge is 0.0996 e. The van der Waals surface area contributed by atoms with Gasteiger partial charge in [-0.15, -0.1) is 0 Å². The molecule has 0 radical (unpaired) electrons. The smallest absolute Gasteiger partial charge is 0.0177 e. The van der Waals surface area contributed by atoms with Crippen molar-refractivity contribution in [3.63, 3.8) is 0 Å². The van der Waals surface area contributed by atoms with Gasteiger partial charge in [0.25, 0.3) is 0 Å². The van der Waals surface area contributed by atoms with Crippen molar-refractivity contribution in [1.29, 1.82) is 0 Å². The fraction of sp³-hybridized carbons (Fsp3) is 0.800. The maximum Gasteiger partial charge on any atom is -0.0177 e. The zero-order chi connectivity index (χ0) is 7.56. The van der Waals surface area contributed by atoms with Crippen LogP contribution in [0, 0.1) is 11.8 Å². The van der Waals surface area contributed by atoms with Crippen LogP contribution in [-0.4, -0.2) is 0 Å². The highest BCUT2D eigenvalue weighted by atomic mass is 14.3. The molecule has 2 atom stereocenters. The summed E-state index contributed by atoms with van der Waals surface area (Å²) in [6.07, 6.45) is 5.38. The lowest BCUT2D eigenvalue weighted by Crippen LogP contribution is -2.25. The fourth-order valence-corrected chi connectivity index (χ4v) is 1.86. The standard InChI is InChI=1S/C10H18/c1-4-5-6-10-8(2)7-9(10)3/h9-10H,2,4-7H2,1,3H3. The van der Waals surface area contributed by atoms with Crippen LogP contribution in [0.5, 0.6) is 0 Å². The Morgan fingerprint density at radius 2 is 2.30 bits per heavy atom. The van der Waals surface area contributed by atoms with Crippen LogP contribution in [0.1, 0.15) is 39.5 Å². The molecule has 0 spiro atoms. The number of hydrogen-bond donors (Lipinski definition) is 0. The molecule has 1 aliphatic rings. The second-order valence-electron chi connectivity index (χ2n) is 3.59. The highest BCUT2D eigenvalue weighted by Gasteiger charge is 2.29. The lowest BCUT2D eigenvalue weighted by molar-refractivity contribution is 0.278. The van der Waals surface area contributed by atoms with E-state index in [0.29, 0.717) is 0 Å². The molecule has 10 heavy (non-hydrogen) atoms. The first kappa shape index (κ1) is 7.84. The van der Waals surface area contributed by atoms with E-state index in [0.717, 1.165) is 11.8 Å². The molecule has 58 valence electrons. The molecule has 1 rings (SSSR count). The van der Waals surface area contributed by atoms with E-state index in [1.54, 1.807) is 0 Å². The molecule has 0 aromatic rings. The second kappa shape index (κ2) is 3.23. The Kier molecular flexibility index (Phi) is 2.53. The number of unbranched alkanes of at least 4 members (excludes halogenated alkanes) is 1. The maximum absolute atomic E-state index is 4.05. The Bertz CT molecular complexity index is 124. The van der Waals surface area contributed by atoms with Gasteiger partial charge in [-0.2, -0.15) is 0 Å². The highest BCUT2D eigenvalue weighted by molar-refractivity contribution is 5.13. The molecule has 0 aromatic heterocycles. The molecular weight excluding hydrogens is 120 g/mol. The van der Waals surface area contributed by atoms with Gasteiger partial charge in [0.1, 0.15) is 0 Å². The number of hydrogen-bond acceptors (Lipinski definition) is 0. The average molecular weight is 138 g/mol. The fourth-order valence-electron chi connectivity index (χ4n) is 1.86. The third-order valence-corrected chi connectivity index (χ3v) is 2.66. The van der Waals surface area contributed by atoms with E-state index >= 15 is 0 Å². The molecule has 1 aliphatic carbocycles. The molecule has 2 unspecified atom stereocenters.